The van der Waals surface area contributed by atoms with Crippen LogP contribution in [-0.2, 0) is 4.79 Å². The first-order chi connectivity index (χ1) is 12.1. The normalized spacial score (nSPS) is 14.5. The number of carbonyl (C=O) groups is 1. The molecular weight excluding hydrogens is 314 g/mol. The van der Waals surface area contributed by atoms with E-state index in [-0.39, 0.29) is 11.8 Å². The smallest absolute Gasteiger partial charge is 0.226 e. The second kappa shape index (κ2) is 5.78. The number of carbonyl (C=O) groups excluding carboxylic acids is 1. The van der Waals surface area contributed by atoms with Crippen LogP contribution >= 0.6 is 0 Å². The number of anilines is 1. The molecular formula is C19H19N5O. The summed E-state index contributed by atoms with van der Waals surface area (Å²) < 4.78 is 2.04. The maximum Gasteiger partial charge on any atom is 0.226 e. The molecule has 1 amide bonds. The molecule has 1 aliphatic heterocycles. The molecule has 6 heteroatoms. The minimum Gasteiger partial charge on any atom is -0.356 e. The molecule has 25 heavy (non-hydrogen) atoms. The Morgan fingerprint density at radius 1 is 1.40 bits per heavy atom. The highest BCUT2D eigenvalue weighted by atomic mass is 16.2. The van der Waals surface area contributed by atoms with Crippen molar-refractivity contribution in [1.29, 1.82) is 5.26 Å². The number of pyridine rings is 1. The zero-order chi connectivity index (χ0) is 17.6. The number of hydrogen-bond acceptors (Lipinski definition) is 4. The summed E-state index contributed by atoms with van der Waals surface area (Å²) in [5.74, 6) is 1.11. The Hall–Kier alpha value is -3.07. The van der Waals surface area contributed by atoms with Gasteiger partial charge in [0, 0.05) is 19.6 Å². The van der Waals surface area contributed by atoms with E-state index in [1.807, 2.05) is 48.6 Å². The largest absolute Gasteiger partial charge is 0.356 e. The zero-order valence-electron chi connectivity index (χ0n) is 14.3. The summed E-state index contributed by atoms with van der Waals surface area (Å²) in [6.07, 6.45) is 0. The molecule has 126 valence electrons. The standard InChI is InChI=1S/C19H19N5O/c1-3-21-19(25)13-10-23(11-13)17-8-12(2)14(9-20)18-22-15-6-4-5-7-16(15)24(17)18/h4-8,13H,3,10-11H2,1-2H3,(H,21,25). The summed E-state index contributed by atoms with van der Waals surface area (Å²) in [5.41, 5.74) is 4.03. The summed E-state index contributed by atoms with van der Waals surface area (Å²) >= 11 is 0. The van der Waals surface area contributed by atoms with E-state index in [0.717, 1.165) is 22.4 Å². The van der Waals surface area contributed by atoms with E-state index in [9.17, 15) is 10.1 Å². The molecule has 6 nitrogen and oxygen atoms in total. The van der Waals surface area contributed by atoms with E-state index in [1.165, 1.54) is 0 Å². The minimum absolute atomic E-state index is 0.0146. The number of rotatable bonds is 3. The number of fused-ring (bicyclic) bond motifs is 3. The quantitative estimate of drug-likeness (QED) is 0.798. The molecule has 1 aliphatic rings. The number of nitriles is 1. The summed E-state index contributed by atoms with van der Waals surface area (Å²) in [6, 6.07) is 12.2. The highest BCUT2D eigenvalue weighted by Crippen LogP contribution is 2.32. The van der Waals surface area contributed by atoms with Crippen molar-refractivity contribution < 1.29 is 4.79 Å². The predicted octanol–water partition coefficient (Wildman–Crippen LogP) is 2.24. The molecule has 0 unspecified atom stereocenters. The second-order valence-electron chi connectivity index (χ2n) is 6.43. The van der Waals surface area contributed by atoms with Gasteiger partial charge in [-0.05, 0) is 37.6 Å². The fourth-order valence-corrected chi connectivity index (χ4v) is 3.45. The van der Waals surface area contributed by atoms with Crippen molar-refractivity contribution in [2.75, 3.05) is 24.5 Å². The molecule has 1 fully saturated rings. The topological polar surface area (TPSA) is 73.4 Å². The van der Waals surface area contributed by atoms with Gasteiger partial charge in [-0.25, -0.2) is 4.98 Å². The Morgan fingerprint density at radius 3 is 2.88 bits per heavy atom. The molecule has 0 radical (unpaired) electrons. The number of amides is 1. The first-order valence-electron chi connectivity index (χ1n) is 8.47. The molecule has 3 heterocycles. The number of benzene rings is 1. The lowest BCUT2D eigenvalue weighted by Crippen LogP contribution is -2.54. The third-order valence-corrected chi connectivity index (χ3v) is 4.79. The number of aryl methyl sites for hydroxylation is 1. The van der Waals surface area contributed by atoms with Gasteiger partial charge in [0.1, 0.15) is 11.9 Å². The van der Waals surface area contributed by atoms with Crippen molar-refractivity contribution >= 4 is 28.4 Å². The Kier molecular flexibility index (Phi) is 3.57. The Bertz CT molecular complexity index is 1020. The molecule has 0 saturated carbocycles. The summed E-state index contributed by atoms with van der Waals surface area (Å²) in [7, 11) is 0. The fourth-order valence-electron chi connectivity index (χ4n) is 3.45. The van der Waals surface area contributed by atoms with Crippen molar-refractivity contribution in [2.24, 2.45) is 5.92 Å². The van der Waals surface area contributed by atoms with Crippen LogP contribution in [0.3, 0.4) is 0 Å². The Balaban J connectivity index is 1.82. The van der Waals surface area contributed by atoms with Gasteiger partial charge < -0.3 is 10.2 Å². The molecule has 2 aromatic heterocycles. The van der Waals surface area contributed by atoms with Gasteiger partial charge in [-0.1, -0.05) is 12.1 Å². The van der Waals surface area contributed by atoms with Crippen molar-refractivity contribution in [3.63, 3.8) is 0 Å². The lowest BCUT2D eigenvalue weighted by molar-refractivity contribution is -0.125. The molecule has 0 spiro atoms. The fraction of sp³-hybridized carbons (Fsp3) is 0.316. The summed E-state index contributed by atoms with van der Waals surface area (Å²) in [5, 5.41) is 12.4. The minimum atomic E-state index is 0.0146. The van der Waals surface area contributed by atoms with Gasteiger partial charge in [0.2, 0.25) is 5.91 Å². The first kappa shape index (κ1) is 15.5. The van der Waals surface area contributed by atoms with Crippen LogP contribution in [0, 0.1) is 24.2 Å². The number of nitrogens with one attached hydrogen (secondary N) is 1. The third-order valence-electron chi connectivity index (χ3n) is 4.79. The van der Waals surface area contributed by atoms with Crippen molar-refractivity contribution in [3.8, 4) is 6.07 Å². The third kappa shape index (κ3) is 2.31. The van der Waals surface area contributed by atoms with Gasteiger partial charge in [-0.15, -0.1) is 0 Å². The maximum atomic E-state index is 12.0. The average Bonchev–Trinajstić information content (AvgIpc) is 2.93. The molecule has 4 rings (SSSR count). The molecule has 0 aliphatic carbocycles. The summed E-state index contributed by atoms with van der Waals surface area (Å²) in [4.78, 5) is 18.8. The average molecular weight is 333 g/mol. The monoisotopic (exact) mass is 333 g/mol. The van der Waals surface area contributed by atoms with Gasteiger partial charge >= 0.3 is 0 Å². The van der Waals surface area contributed by atoms with E-state index >= 15 is 0 Å². The van der Waals surface area contributed by atoms with Crippen LogP contribution in [0.15, 0.2) is 30.3 Å². The van der Waals surface area contributed by atoms with Crippen LogP contribution in [0.5, 0.6) is 0 Å². The molecule has 1 saturated heterocycles. The van der Waals surface area contributed by atoms with Crippen LogP contribution in [0.4, 0.5) is 5.82 Å². The lowest BCUT2D eigenvalue weighted by atomic mass is 9.98. The van der Waals surface area contributed by atoms with Crippen LogP contribution in [0.2, 0.25) is 0 Å². The van der Waals surface area contributed by atoms with Crippen molar-refractivity contribution in [2.45, 2.75) is 13.8 Å². The van der Waals surface area contributed by atoms with E-state index in [0.29, 0.717) is 30.8 Å². The molecule has 0 atom stereocenters. The lowest BCUT2D eigenvalue weighted by Gasteiger charge is -2.40. The van der Waals surface area contributed by atoms with Gasteiger partial charge in [-0.2, -0.15) is 5.26 Å². The van der Waals surface area contributed by atoms with Gasteiger partial charge in [0.15, 0.2) is 5.65 Å². The van der Waals surface area contributed by atoms with Crippen molar-refractivity contribution in [3.05, 3.63) is 41.5 Å². The SMILES string of the molecule is CCNC(=O)C1CN(c2cc(C)c(C#N)c3nc4ccccc4n23)C1. The number of para-hydroxylation sites is 2. The first-order valence-corrected chi connectivity index (χ1v) is 8.47. The van der Waals surface area contributed by atoms with Crippen LogP contribution in [0.25, 0.3) is 16.7 Å². The molecule has 1 aromatic carbocycles. The Morgan fingerprint density at radius 2 is 2.16 bits per heavy atom. The predicted molar refractivity (Wildman–Crippen MR) is 96.5 cm³/mol. The van der Waals surface area contributed by atoms with Gasteiger partial charge in [0.25, 0.3) is 0 Å². The second-order valence-corrected chi connectivity index (χ2v) is 6.43. The van der Waals surface area contributed by atoms with E-state index in [4.69, 9.17) is 0 Å². The van der Waals surface area contributed by atoms with Gasteiger partial charge in [0.05, 0.1) is 22.5 Å². The number of aromatic nitrogens is 2. The zero-order valence-corrected chi connectivity index (χ0v) is 14.3. The Labute approximate surface area is 145 Å². The maximum absolute atomic E-state index is 12.0. The highest BCUT2D eigenvalue weighted by Gasteiger charge is 2.34. The number of nitrogens with zero attached hydrogens (tertiary/aromatic N) is 4. The van der Waals surface area contributed by atoms with Crippen LogP contribution in [0.1, 0.15) is 18.1 Å². The number of hydrogen-bond donors (Lipinski definition) is 1. The van der Waals surface area contributed by atoms with E-state index < -0.39 is 0 Å². The van der Waals surface area contributed by atoms with Gasteiger partial charge in [-0.3, -0.25) is 9.20 Å². The van der Waals surface area contributed by atoms with Crippen LogP contribution < -0.4 is 10.2 Å². The van der Waals surface area contributed by atoms with E-state index in [1.54, 1.807) is 0 Å². The highest BCUT2D eigenvalue weighted by molar-refractivity contribution is 5.86. The molecule has 1 N–H and O–H groups in total. The molecule has 3 aromatic rings. The van der Waals surface area contributed by atoms with Crippen LogP contribution in [-0.4, -0.2) is 34.9 Å². The summed E-state index contributed by atoms with van der Waals surface area (Å²) in [6.45, 7) is 5.88. The van der Waals surface area contributed by atoms with E-state index in [2.05, 4.69) is 21.3 Å². The number of imidazole rings is 1. The van der Waals surface area contributed by atoms with Crippen molar-refractivity contribution in [1.82, 2.24) is 14.7 Å². The molecule has 0 bridgehead atoms.